The first kappa shape index (κ1) is 13.6. The van der Waals surface area contributed by atoms with Gasteiger partial charge in [-0.2, -0.15) is 0 Å². The van der Waals surface area contributed by atoms with Crippen LogP contribution in [0.2, 0.25) is 0 Å². The number of aromatic nitrogens is 2. The summed E-state index contributed by atoms with van der Waals surface area (Å²) in [5.74, 6) is 0.714. The fraction of sp³-hybridized carbons (Fsp3) is 0.308. The van der Waals surface area contributed by atoms with Gasteiger partial charge in [-0.1, -0.05) is 6.92 Å². The second kappa shape index (κ2) is 5.44. The van der Waals surface area contributed by atoms with Crippen LogP contribution in [0, 0.1) is 6.92 Å². The van der Waals surface area contributed by atoms with Gasteiger partial charge < -0.3 is 4.74 Å². The molecular weight excluding hydrogens is 264 g/mol. The van der Waals surface area contributed by atoms with E-state index < -0.39 is 10.0 Å². The number of ether oxygens (including phenoxy) is 1. The van der Waals surface area contributed by atoms with Crippen LogP contribution < -0.4 is 4.74 Å². The third-order valence-electron chi connectivity index (χ3n) is 2.66. The van der Waals surface area contributed by atoms with Gasteiger partial charge in [-0.3, -0.25) is 0 Å². The van der Waals surface area contributed by atoms with Gasteiger partial charge in [0.05, 0.1) is 11.5 Å². The fourth-order valence-corrected chi connectivity index (χ4v) is 2.87. The molecule has 0 bridgehead atoms. The maximum absolute atomic E-state index is 12.3. The molecule has 0 amide bonds. The van der Waals surface area contributed by atoms with Crippen molar-refractivity contribution in [1.29, 1.82) is 0 Å². The molecule has 0 N–H and O–H groups in total. The molecule has 0 aliphatic rings. The van der Waals surface area contributed by atoms with Crippen molar-refractivity contribution in [3.63, 3.8) is 0 Å². The lowest BCUT2D eigenvalue weighted by Gasteiger charge is -2.10. The number of aryl methyl sites for hydroxylation is 1. The molecule has 102 valence electrons. The molecule has 0 unspecified atom stereocenters. The molecule has 0 saturated carbocycles. The first-order valence-electron chi connectivity index (χ1n) is 6.02. The molecule has 0 aliphatic carbocycles. The van der Waals surface area contributed by atoms with Crippen LogP contribution in [0.25, 0.3) is 0 Å². The van der Waals surface area contributed by atoms with Crippen LogP contribution in [0.15, 0.2) is 41.8 Å². The number of hydrogen-bond acceptors (Lipinski definition) is 4. The summed E-state index contributed by atoms with van der Waals surface area (Å²) in [6, 6.07) is 4.85. The highest BCUT2D eigenvalue weighted by Gasteiger charge is 2.17. The van der Waals surface area contributed by atoms with Crippen molar-refractivity contribution in [3.8, 4) is 5.75 Å². The highest BCUT2D eigenvalue weighted by atomic mass is 32.2. The molecular formula is C13H16N2O3S. The van der Waals surface area contributed by atoms with Crippen molar-refractivity contribution in [2.24, 2.45) is 0 Å². The van der Waals surface area contributed by atoms with E-state index in [1.165, 1.54) is 18.7 Å². The lowest BCUT2D eigenvalue weighted by atomic mass is 10.2. The molecule has 1 aromatic carbocycles. The van der Waals surface area contributed by atoms with E-state index in [2.05, 4.69) is 4.98 Å². The second-order valence-corrected chi connectivity index (χ2v) is 6.02. The number of benzene rings is 1. The Morgan fingerprint density at radius 3 is 2.74 bits per heavy atom. The summed E-state index contributed by atoms with van der Waals surface area (Å²) >= 11 is 0. The smallest absolute Gasteiger partial charge is 0.268 e. The lowest BCUT2D eigenvalue weighted by Crippen LogP contribution is -2.11. The summed E-state index contributed by atoms with van der Waals surface area (Å²) in [5.41, 5.74) is 0.801. The summed E-state index contributed by atoms with van der Waals surface area (Å²) in [4.78, 5) is 3.98. The van der Waals surface area contributed by atoms with Crippen molar-refractivity contribution in [1.82, 2.24) is 8.96 Å². The van der Waals surface area contributed by atoms with Crippen LogP contribution in [0.3, 0.4) is 0 Å². The van der Waals surface area contributed by atoms with Gasteiger partial charge in [-0.25, -0.2) is 17.4 Å². The molecule has 19 heavy (non-hydrogen) atoms. The SMILES string of the molecule is CCCOc1ccc(S(=O)(=O)n2ccnc2)cc1C. The molecule has 2 aromatic rings. The van der Waals surface area contributed by atoms with Gasteiger partial charge in [0.1, 0.15) is 12.1 Å². The molecule has 0 fully saturated rings. The molecule has 1 aromatic heterocycles. The quantitative estimate of drug-likeness (QED) is 0.842. The predicted octanol–water partition coefficient (Wildman–Crippen LogP) is 2.22. The lowest BCUT2D eigenvalue weighted by molar-refractivity contribution is 0.315. The zero-order valence-corrected chi connectivity index (χ0v) is 11.7. The van der Waals surface area contributed by atoms with Gasteiger partial charge in [0, 0.05) is 12.4 Å². The zero-order chi connectivity index (χ0) is 13.9. The normalized spacial score (nSPS) is 11.5. The number of imidazole rings is 1. The number of rotatable bonds is 5. The van der Waals surface area contributed by atoms with E-state index in [4.69, 9.17) is 4.74 Å². The predicted molar refractivity (Wildman–Crippen MR) is 71.8 cm³/mol. The van der Waals surface area contributed by atoms with Crippen molar-refractivity contribution < 1.29 is 13.2 Å². The molecule has 2 rings (SSSR count). The Morgan fingerprint density at radius 2 is 2.16 bits per heavy atom. The Labute approximate surface area is 112 Å². The molecule has 5 nitrogen and oxygen atoms in total. The van der Waals surface area contributed by atoms with E-state index in [1.54, 1.807) is 18.2 Å². The van der Waals surface area contributed by atoms with Crippen LogP contribution in [0.4, 0.5) is 0 Å². The van der Waals surface area contributed by atoms with E-state index in [0.717, 1.165) is 16.0 Å². The standard InChI is InChI=1S/C13H16N2O3S/c1-3-8-18-13-5-4-12(9-11(13)2)19(16,17)15-7-6-14-10-15/h4-7,9-10H,3,8H2,1-2H3. The van der Waals surface area contributed by atoms with Gasteiger partial charge in [-0.15, -0.1) is 0 Å². The van der Waals surface area contributed by atoms with E-state index in [0.29, 0.717) is 12.4 Å². The van der Waals surface area contributed by atoms with Gasteiger partial charge in [0.2, 0.25) is 0 Å². The first-order chi connectivity index (χ1) is 9.05. The average Bonchev–Trinajstić information content (AvgIpc) is 2.91. The summed E-state index contributed by atoms with van der Waals surface area (Å²) in [5, 5.41) is 0. The van der Waals surface area contributed by atoms with Gasteiger partial charge >= 0.3 is 0 Å². The number of hydrogen-bond donors (Lipinski definition) is 0. The Bertz CT molecular complexity index is 649. The van der Waals surface area contributed by atoms with Crippen LogP contribution in [0.5, 0.6) is 5.75 Å². The first-order valence-corrected chi connectivity index (χ1v) is 7.46. The van der Waals surface area contributed by atoms with Crippen molar-refractivity contribution in [3.05, 3.63) is 42.5 Å². The fourth-order valence-electron chi connectivity index (χ4n) is 1.67. The second-order valence-electron chi connectivity index (χ2n) is 4.17. The van der Waals surface area contributed by atoms with Crippen LogP contribution >= 0.6 is 0 Å². The third kappa shape index (κ3) is 2.78. The highest BCUT2D eigenvalue weighted by Crippen LogP contribution is 2.23. The Hall–Kier alpha value is -1.82. The molecule has 0 spiro atoms. The average molecular weight is 280 g/mol. The van der Waals surface area contributed by atoms with E-state index in [1.807, 2.05) is 13.8 Å². The van der Waals surface area contributed by atoms with E-state index >= 15 is 0 Å². The molecule has 0 atom stereocenters. The summed E-state index contributed by atoms with van der Waals surface area (Å²) in [6.07, 6.45) is 5.02. The minimum atomic E-state index is -3.56. The van der Waals surface area contributed by atoms with Crippen molar-refractivity contribution in [2.75, 3.05) is 6.61 Å². The van der Waals surface area contributed by atoms with Crippen LogP contribution in [-0.4, -0.2) is 24.0 Å². The molecule has 0 radical (unpaired) electrons. The summed E-state index contributed by atoms with van der Waals surface area (Å²) in [6.45, 7) is 4.47. The van der Waals surface area contributed by atoms with Gasteiger partial charge in [0.15, 0.2) is 0 Å². The maximum Gasteiger partial charge on any atom is 0.268 e. The Balaban J connectivity index is 2.35. The van der Waals surface area contributed by atoms with Gasteiger partial charge in [0.25, 0.3) is 10.0 Å². The molecule has 6 heteroatoms. The Morgan fingerprint density at radius 1 is 1.37 bits per heavy atom. The van der Waals surface area contributed by atoms with Gasteiger partial charge in [-0.05, 0) is 37.1 Å². The monoisotopic (exact) mass is 280 g/mol. The summed E-state index contributed by atoms with van der Waals surface area (Å²) in [7, 11) is -3.56. The van der Waals surface area contributed by atoms with Crippen LogP contribution in [-0.2, 0) is 10.0 Å². The third-order valence-corrected chi connectivity index (χ3v) is 4.28. The summed E-state index contributed by atoms with van der Waals surface area (Å²) < 4.78 is 31.1. The van der Waals surface area contributed by atoms with Crippen molar-refractivity contribution >= 4 is 10.0 Å². The van der Waals surface area contributed by atoms with Crippen LogP contribution in [0.1, 0.15) is 18.9 Å². The maximum atomic E-state index is 12.3. The minimum absolute atomic E-state index is 0.229. The van der Waals surface area contributed by atoms with Crippen molar-refractivity contribution in [2.45, 2.75) is 25.2 Å². The largest absolute Gasteiger partial charge is 0.493 e. The molecule has 1 heterocycles. The van der Waals surface area contributed by atoms with E-state index in [9.17, 15) is 8.42 Å². The topological polar surface area (TPSA) is 61.2 Å². The van der Waals surface area contributed by atoms with E-state index in [-0.39, 0.29) is 4.90 Å². The minimum Gasteiger partial charge on any atom is -0.493 e. The Kier molecular flexibility index (Phi) is 3.90. The molecule has 0 saturated heterocycles. The number of nitrogens with zero attached hydrogens (tertiary/aromatic N) is 2. The zero-order valence-electron chi connectivity index (χ0n) is 10.9. The highest BCUT2D eigenvalue weighted by molar-refractivity contribution is 7.90. The molecule has 0 aliphatic heterocycles.